The number of rotatable bonds is 4. The fourth-order valence-corrected chi connectivity index (χ4v) is 2.01. The third-order valence-electron chi connectivity index (χ3n) is 3.16. The summed E-state index contributed by atoms with van der Waals surface area (Å²) >= 11 is 0. The van der Waals surface area contributed by atoms with Crippen molar-refractivity contribution in [3.8, 4) is 0 Å². The molecule has 0 saturated carbocycles. The predicted molar refractivity (Wildman–Crippen MR) is 71.1 cm³/mol. The van der Waals surface area contributed by atoms with Gasteiger partial charge in [0.1, 0.15) is 5.69 Å². The lowest BCUT2D eigenvalue weighted by atomic mass is 10.0. The molecule has 3 nitrogen and oxygen atoms in total. The number of hydrogen-bond donors (Lipinski definition) is 2. The summed E-state index contributed by atoms with van der Waals surface area (Å²) in [5.74, 6) is -0.903. The first kappa shape index (κ1) is 12.4. The van der Waals surface area contributed by atoms with Gasteiger partial charge in [0.15, 0.2) is 0 Å². The van der Waals surface area contributed by atoms with Gasteiger partial charge in [-0.3, -0.25) is 0 Å². The molecule has 18 heavy (non-hydrogen) atoms. The van der Waals surface area contributed by atoms with Gasteiger partial charge < -0.3 is 10.1 Å². The van der Waals surface area contributed by atoms with Crippen molar-refractivity contribution in [3.63, 3.8) is 0 Å². The first-order chi connectivity index (χ1) is 8.56. The first-order valence-corrected chi connectivity index (χ1v) is 6.03. The molecule has 1 heterocycles. The van der Waals surface area contributed by atoms with E-state index in [1.54, 1.807) is 6.07 Å². The minimum Gasteiger partial charge on any atom is -0.477 e. The Morgan fingerprint density at radius 3 is 2.39 bits per heavy atom. The van der Waals surface area contributed by atoms with Crippen LogP contribution >= 0.6 is 0 Å². The van der Waals surface area contributed by atoms with Crippen LogP contribution in [0.3, 0.4) is 0 Å². The monoisotopic (exact) mass is 243 g/mol. The van der Waals surface area contributed by atoms with Crippen molar-refractivity contribution < 1.29 is 9.90 Å². The Balaban J connectivity index is 2.06. The number of carboxylic acid groups (broad SMARTS) is 1. The molecule has 1 aromatic carbocycles. The summed E-state index contributed by atoms with van der Waals surface area (Å²) in [6, 6.07) is 10.2. The summed E-state index contributed by atoms with van der Waals surface area (Å²) in [6.07, 6.45) is 1.79. The molecule has 2 aromatic rings. The highest BCUT2D eigenvalue weighted by molar-refractivity contribution is 5.86. The molecule has 0 saturated heterocycles. The summed E-state index contributed by atoms with van der Waals surface area (Å²) in [4.78, 5) is 13.7. The van der Waals surface area contributed by atoms with Crippen molar-refractivity contribution in [2.24, 2.45) is 0 Å². The zero-order valence-corrected chi connectivity index (χ0v) is 10.7. The Morgan fingerprint density at radius 2 is 1.83 bits per heavy atom. The van der Waals surface area contributed by atoms with Gasteiger partial charge in [-0.2, -0.15) is 0 Å². The Hall–Kier alpha value is -2.03. The molecular formula is C15H17NO2. The highest BCUT2D eigenvalue weighted by Crippen LogP contribution is 2.14. The largest absolute Gasteiger partial charge is 0.477 e. The number of aromatic nitrogens is 1. The molecule has 94 valence electrons. The number of H-pyrrole nitrogens is 1. The van der Waals surface area contributed by atoms with E-state index >= 15 is 0 Å². The van der Waals surface area contributed by atoms with E-state index in [9.17, 15) is 4.79 Å². The zero-order valence-electron chi connectivity index (χ0n) is 10.7. The summed E-state index contributed by atoms with van der Waals surface area (Å²) in [5, 5.41) is 8.91. The summed E-state index contributed by atoms with van der Waals surface area (Å²) < 4.78 is 0. The third kappa shape index (κ3) is 2.80. The molecule has 0 aliphatic rings. The van der Waals surface area contributed by atoms with E-state index in [0.29, 0.717) is 0 Å². The van der Waals surface area contributed by atoms with Crippen LogP contribution in [0.1, 0.15) is 32.9 Å². The summed E-state index contributed by atoms with van der Waals surface area (Å²) in [6.45, 7) is 3.98. The van der Waals surface area contributed by atoms with Crippen molar-refractivity contribution in [1.29, 1.82) is 0 Å². The topological polar surface area (TPSA) is 53.1 Å². The van der Waals surface area contributed by atoms with E-state index < -0.39 is 5.97 Å². The second kappa shape index (κ2) is 5.08. The number of aromatic carboxylic acids is 1. The van der Waals surface area contributed by atoms with Gasteiger partial charge in [0.2, 0.25) is 0 Å². The van der Waals surface area contributed by atoms with Crippen molar-refractivity contribution in [2.75, 3.05) is 0 Å². The second-order valence-electron chi connectivity index (χ2n) is 4.62. The van der Waals surface area contributed by atoms with Gasteiger partial charge in [-0.15, -0.1) is 0 Å². The molecular weight excluding hydrogens is 226 g/mol. The van der Waals surface area contributed by atoms with E-state index in [2.05, 4.69) is 36.2 Å². The average molecular weight is 243 g/mol. The number of carbonyl (C=O) groups is 1. The molecule has 0 radical (unpaired) electrons. The predicted octanol–water partition coefficient (Wildman–Crippen LogP) is 3.11. The third-order valence-corrected chi connectivity index (χ3v) is 3.16. The molecule has 0 aliphatic carbocycles. The van der Waals surface area contributed by atoms with Crippen LogP contribution in [0, 0.1) is 13.8 Å². The quantitative estimate of drug-likeness (QED) is 0.866. The fraction of sp³-hybridized carbons (Fsp3) is 0.267. The molecule has 2 rings (SSSR count). The minimum atomic E-state index is -0.903. The lowest BCUT2D eigenvalue weighted by molar-refractivity contribution is 0.0691. The highest BCUT2D eigenvalue weighted by atomic mass is 16.4. The number of aromatic amines is 1. The van der Waals surface area contributed by atoms with Gasteiger partial charge in [0, 0.05) is 5.69 Å². The SMILES string of the molecule is Cc1ccc(CCc2cc(C(=O)O)[nH]c2C)cc1. The Labute approximate surface area is 106 Å². The number of aryl methyl sites for hydroxylation is 4. The van der Waals surface area contributed by atoms with E-state index in [4.69, 9.17) is 5.11 Å². The zero-order chi connectivity index (χ0) is 13.1. The van der Waals surface area contributed by atoms with Crippen LogP contribution in [0.4, 0.5) is 0 Å². The standard InChI is InChI=1S/C15H17NO2/c1-10-3-5-12(6-4-10)7-8-13-9-14(15(17)18)16-11(13)2/h3-6,9,16H,7-8H2,1-2H3,(H,17,18). The van der Waals surface area contributed by atoms with Gasteiger partial charge >= 0.3 is 5.97 Å². The van der Waals surface area contributed by atoms with E-state index in [0.717, 1.165) is 24.1 Å². The van der Waals surface area contributed by atoms with E-state index in [1.807, 2.05) is 6.92 Å². The highest BCUT2D eigenvalue weighted by Gasteiger charge is 2.09. The molecule has 0 bridgehead atoms. The smallest absolute Gasteiger partial charge is 0.352 e. The van der Waals surface area contributed by atoms with Gasteiger partial charge in [0.25, 0.3) is 0 Å². The first-order valence-electron chi connectivity index (χ1n) is 6.03. The Bertz CT molecular complexity index is 552. The average Bonchev–Trinajstić information content (AvgIpc) is 2.70. The lowest BCUT2D eigenvalue weighted by Gasteiger charge is -2.02. The van der Waals surface area contributed by atoms with Crippen LogP contribution in [0.25, 0.3) is 0 Å². The molecule has 0 fully saturated rings. The van der Waals surface area contributed by atoms with Gasteiger partial charge in [-0.25, -0.2) is 4.79 Å². The Morgan fingerprint density at radius 1 is 1.17 bits per heavy atom. The van der Waals surface area contributed by atoms with E-state index in [-0.39, 0.29) is 5.69 Å². The number of hydrogen-bond acceptors (Lipinski definition) is 1. The molecule has 3 heteroatoms. The maximum absolute atomic E-state index is 10.8. The van der Waals surface area contributed by atoms with Crippen LogP contribution < -0.4 is 0 Å². The number of nitrogens with one attached hydrogen (secondary N) is 1. The summed E-state index contributed by atoms with van der Waals surface area (Å²) in [5.41, 5.74) is 4.82. The van der Waals surface area contributed by atoms with Gasteiger partial charge in [0.05, 0.1) is 0 Å². The minimum absolute atomic E-state index is 0.270. The maximum atomic E-state index is 10.8. The van der Waals surface area contributed by atoms with Gasteiger partial charge in [-0.05, 0) is 43.9 Å². The number of benzene rings is 1. The van der Waals surface area contributed by atoms with Crippen molar-refractivity contribution in [1.82, 2.24) is 4.98 Å². The van der Waals surface area contributed by atoms with Gasteiger partial charge in [-0.1, -0.05) is 29.8 Å². The van der Waals surface area contributed by atoms with Crippen molar-refractivity contribution in [2.45, 2.75) is 26.7 Å². The molecule has 0 spiro atoms. The van der Waals surface area contributed by atoms with Crippen LogP contribution in [0.2, 0.25) is 0 Å². The fourth-order valence-electron chi connectivity index (χ4n) is 2.01. The number of carboxylic acids is 1. The molecule has 0 unspecified atom stereocenters. The molecule has 0 amide bonds. The van der Waals surface area contributed by atoms with Crippen LogP contribution in [0.15, 0.2) is 30.3 Å². The summed E-state index contributed by atoms with van der Waals surface area (Å²) in [7, 11) is 0. The van der Waals surface area contributed by atoms with Crippen LogP contribution in [0.5, 0.6) is 0 Å². The molecule has 0 aliphatic heterocycles. The Kier molecular flexibility index (Phi) is 3.51. The molecule has 2 N–H and O–H groups in total. The van der Waals surface area contributed by atoms with Crippen LogP contribution in [-0.2, 0) is 12.8 Å². The van der Waals surface area contributed by atoms with Crippen molar-refractivity contribution >= 4 is 5.97 Å². The van der Waals surface area contributed by atoms with E-state index in [1.165, 1.54) is 11.1 Å². The van der Waals surface area contributed by atoms with Crippen LogP contribution in [-0.4, -0.2) is 16.1 Å². The lowest BCUT2D eigenvalue weighted by Crippen LogP contribution is -1.95. The second-order valence-corrected chi connectivity index (χ2v) is 4.62. The molecule has 1 aromatic heterocycles. The molecule has 0 atom stereocenters. The maximum Gasteiger partial charge on any atom is 0.352 e. The normalized spacial score (nSPS) is 10.6. The van der Waals surface area contributed by atoms with Crippen molar-refractivity contribution in [3.05, 3.63) is 58.4 Å².